The summed E-state index contributed by atoms with van der Waals surface area (Å²) < 4.78 is 20.7. The van der Waals surface area contributed by atoms with E-state index in [0.29, 0.717) is 0 Å². The zero-order chi connectivity index (χ0) is 12.3. The van der Waals surface area contributed by atoms with Gasteiger partial charge in [-0.3, -0.25) is 0 Å². The summed E-state index contributed by atoms with van der Waals surface area (Å²) in [5.41, 5.74) is 3.02. The van der Waals surface area contributed by atoms with Gasteiger partial charge in [0.25, 0.3) is 0 Å². The summed E-state index contributed by atoms with van der Waals surface area (Å²) in [5.74, 6) is 0.171. The molecule has 0 aromatic heterocycles. The third-order valence-electron chi connectivity index (χ3n) is 2.39. The highest BCUT2D eigenvalue weighted by Gasteiger charge is 2.01. The first-order chi connectivity index (χ1) is 8.15. The van der Waals surface area contributed by atoms with Crippen LogP contribution in [0.3, 0.4) is 0 Å². The summed E-state index contributed by atoms with van der Waals surface area (Å²) in [7, 11) is 0. The van der Waals surface area contributed by atoms with Crippen molar-refractivity contribution in [1.82, 2.24) is 0 Å². The van der Waals surface area contributed by atoms with Gasteiger partial charge in [0.1, 0.15) is 0 Å². The van der Waals surface area contributed by atoms with Gasteiger partial charge in [-0.05, 0) is 28.8 Å². The van der Waals surface area contributed by atoms with Gasteiger partial charge >= 0.3 is 0 Å². The SMILES string of the molecule is O=S(O)Cc1cccc(-c2ccc(Br)cc2)c1. The van der Waals surface area contributed by atoms with Crippen molar-refractivity contribution in [1.29, 1.82) is 0 Å². The van der Waals surface area contributed by atoms with Crippen LogP contribution in [-0.2, 0) is 16.8 Å². The van der Waals surface area contributed by atoms with Gasteiger partial charge in [-0.25, -0.2) is 4.21 Å². The highest BCUT2D eigenvalue weighted by Crippen LogP contribution is 2.22. The summed E-state index contributed by atoms with van der Waals surface area (Å²) in [6, 6.07) is 15.7. The Morgan fingerprint density at radius 1 is 1.06 bits per heavy atom. The molecule has 0 bridgehead atoms. The highest BCUT2D eigenvalue weighted by atomic mass is 79.9. The molecule has 1 atom stereocenters. The molecular weight excluding hydrogens is 300 g/mol. The number of hydrogen-bond donors (Lipinski definition) is 1. The molecule has 0 aliphatic heterocycles. The van der Waals surface area contributed by atoms with E-state index >= 15 is 0 Å². The maximum atomic E-state index is 10.8. The lowest BCUT2D eigenvalue weighted by molar-refractivity contribution is 0.563. The van der Waals surface area contributed by atoms with Gasteiger partial charge in [-0.2, -0.15) is 0 Å². The molecule has 2 nitrogen and oxygen atoms in total. The smallest absolute Gasteiger partial charge is 0.157 e. The van der Waals surface area contributed by atoms with Crippen LogP contribution >= 0.6 is 15.9 Å². The zero-order valence-electron chi connectivity index (χ0n) is 8.97. The van der Waals surface area contributed by atoms with Gasteiger partial charge in [-0.1, -0.05) is 52.3 Å². The Morgan fingerprint density at radius 2 is 1.76 bits per heavy atom. The Labute approximate surface area is 111 Å². The molecule has 88 valence electrons. The monoisotopic (exact) mass is 310 g/mol. The van der Waals surface area contributed by atoms with E-state index in [1.54, 1.807) is 0 Å². The molecule has 0 saturated heterocycles. The van der Waals surface area contributed by atoms with Crippen molar-refractivity contribution >= 4 is 27.0 Å². The molecule has 0 heterocycles. The molecule has 17 heavy (non-hydrogen) atoms. The molecule has 0 aliphatic rings. The van der Waals surface area contributed by atoms with Crippen LogP contribution in [0.1, 0.15) is 5.56 Å². The van der Waals surface area contributed by atoms with Gasteiger partial charge in [0.15, 0.2) is 11.1 Å². The van der Waals surface area contributed by atoms with Crippen LogP contribution in [0.2, 0.25) is 0 Å². The van der Waals surface area contributed by atoms with Crippen LogP contribution in [-0.4, -0.2) is 8.76 Å². The molecule has 0 radical (unpaired) electrons. The molecule has 0 aliphatic carbocycles. The predicted octanol–water partition coefficient (Wildman–Crippen LogP) is 3.84. The lowest BCUT2D eigenvalue weighted by atomic mass is 10.0. The van der Waals surface area contributed by atoms with Crippen LogP contribution in [0.15, 0.2) is 53.0 Å². The minimum absolute atomic E-state index is 0.171. The number of hydrogen-bond acceptors (Lipinski definition) is 1. The molecule has 0 fully saturated rings. The van der Waals surface area contributed by atoms with Crippen molar-refractivity contribution < 1.29 is 8.76 Å². The fourth-order valence-electron chi connectivity index (χ4n) is 1.63. The Kier molecular flexibility index (Phi) is 4.10. The molecule has 2 rings (SSSR count). The summed E-state index contributed by atoms with van der Waals surface area (Å²) in [5, 5.41) is 0. The Hall–Kier alpha value is -0.970. The van der Waals surface area contributed by atoms with E-state index in [0.717, 1.165) is 21.2 Å². The van der Waals surface area contributed by atoms with Gasteiger partial charge in [0.05, 0.1) is 5.75 Å². The Bertz CT molecular complexity index is 537. The van der Waals surface area contributed by atoms with Gasteiger partial charge in [-0.15, -0.1) is 0 Å². The fourth-order valence-corrected chi connectivity index (χ4v) is 2.35. The average molecular weight is 311 g/mol. The van der Waals surface area contributed by atoms with E-state index in [4.69, 9.17) is 4.55 Å². The van der Waals surface area contributed by atoms with Crippen LogP contribution < -0.4 is 0 Å². The van der Waals surface area contributed by atoms with Crippen LogP contribution in [0.5, 0.6) is 0 Å². The van der Waals surface area contributed by atoms with Crippen molar-refractivity contribution in [2.75, 3.05) is 0 Å². The number of benzene rings is 2. The fraction of sp³-hybridized carbons (Fsp3) is 0.0769. The second-order valence-electron chi connectivity index (χ2n) is 3.67. The predicted molar refractivity (Wildman–Crippen MR) is 74.1 cm³/mol. The van der Waals surface area contributed by atoms with Crippen LogP contribution in [0.25, 0.3) is 11.1 Å². The lowest BCUT2D eigenvalue weighted by Gasteiger charge is -2.04. The molecule has 2 aromatic rings. The normalized spacial score (nSPS) is 12.4. The maximum Gasteiger partial charge on any atom is 0.157 e. The standard InChI is InChI=1S/C13H11BrO2S/c14-13-6-4-11(5-7-13)12-3-1-2-10(8-12)9-17(15)16/h1-8H,9H2,(H,15,16). The molecule has 1 unspecified atom stereocenters. The summed E-state index contributed by atoms with van der Waals surface area (Å²) in [6.07, 6.45) is 0. The second-order valence-corrected chi connectivity index (χ2v) is 5.52. The van der Waals surface area contributed by atoms with E-state index in [1.807, 2.05) is 48.5 Å². The Morgan fingerprint density at radius 3 is 2.41 bits per heavy atom. The molecule has 2 aromatic carbocycles. The summed E-state index contributed by atoms with van der Waals surface area (Å²) in [6.45, 7) is 0. The van der Waals surface area contributed by atoms with Crippen LogP contribution in [0, 0.1) is 0 Å². The first-order valence-corrected chi connectivity index (χ1v) is 7.14. The van der Waals surface area contributed by atoms with Crippen molar-refractivity contribution in [3.8, 4) is 11.1 Å². The third kappa shape index (κ3) is 3.49. The van der Waals surface area contributed by atoms with E-state index in [1.165, 1.54) is 0 Å². The van der Waals surface area contributed by atoms with Gasteiger partial charge in [0, 0.05) is 4.47 Å². The zero-order valence-corrected chi connectivity index (χ0v) is 11.4. The Balaban J connectivity index is 2.32. The third-order valence-corrected chi connectivity index (χ3v) is 3.50. The largest absolute Gasteiger partial charge is 0.306 e. The molecule has 0 amide bonds. The lowest BCUT2D eigenvalue weighted by Crippen LogP contribution is -1.92. The average Bonchev–Trinajstić information content (AvgIpc) is 2.29. The first-order valence-electron chi connectivity index (χ1n) is 5.07. The molecular formula is C13H11BrO2S. The quantitative estimate of drug-likeness (QED) is 0.875. The number of rotatable bonds is 3. The number of halogens is 1. The summed E-state index contributed by atoms with van der Waals surface area (Å²) in [4.78, 5) is 0. The molecule has 0 spiro atoms. The molecule has 0 saturated carbocycles. The topological polar surface area (TPSA) is 37.3 Å². The van der Waals surface area contributed by atoms with Crippen LogP contribution in [0.4, 0.5) is 0 Å². The van der Waals surface area contributed by atoms with Crippen molar-refractivity contribution in [2.24, 2.45) is 0 Å². The minimum atomic E-state index is -1.79. The van der Waals surface area contributed by atoms with Gasteiger partial charge in [0.2, 0.25) is 0 Å². The van der Waals surface area contributed by atoms with Gasteiger partial charge < -0.3 is 4.55 Å². The second kappa shape index (κ2) is 5.58. The summed E-state index contributed by atoms with van der Waals surface area (Å²) >= 11 is 1.60. The maximum absolute atomic E-state index is 10.8. The first kappa shape index (κ1) is 12.5. The van der Waals surface area contributed by atoms with E-state index in [-0.39, 0.29) is 5.75 Å². The molecule has 4 heteroatoms. The molecule has 1 N–H and O–H groups in total. The highest BCUT2D eigenvalue weighted by molar-refractivity contribution is 9.10. The van der Waals surface area contributed by atoms with E-state index < -0.39 is 11.1 Å². The van der Waals surface area contributed by atoms with Crippen molar-refractivity contribution in [3.63, 3.8) is 0 Å². The minimum Gasteiger partial charge on any atom is -0.306 e. The van der Waals surface area contributed by atoms with Crippen molar-refractivity contribution in [2.45, 2.75) is 5.75 Å². The van der Waals surface area contributed by atoms with E-state index in [2.05, 4.69) is 15.9 Å². The van der Waals surface area contributed by atoms with Crippen molar-refractivity contribution in [3.05, 3.63) is 58.6 Å². The van der Waals surface area contributed by atoms with E-state index in [9.17, 15) is 4.21 Å².